The zero-order valence-corrected chi connectivity index (χ0v) is 18.9. The molecule has 8 nitrogen and oxygen atoms in total. The first kappa shape index (κ1) is 22.0. The lowest BCUT2D eigenvalue weighted by atomic mass is 10.2. The summed E-state index contributed by atoms with van der Waals surface area (Å²) in [6, 6.07) is 17.0. The summed E-state index contributed by atoms with van der Waals surface area (Å²) in [6.45, 7) is 2.66. The number of carbonyl (C=O) groups is 1. The van der Waals surface area contributed by atoms with Gasteiger partial charge in [-0.2, -0.15) is 9.40 Å². The summed E-state index contributed by atoms with van der Waals surface area (Å²) in [5.74, 6) is 0.764. The van der Waals surface area contributed by atoms with E-state index in [1.807, 2.05) is 37.3 Å². The van der Waals surface area contributed by atoms with E-state index in [1.54, 1.807) is 22.9 Å². The summed E-state index contributed by atoms with van der Waals surface area (Å²) in [5, 5.41) is 7.38. The molecule has 2 aromatic carbocycles. The van der Waals surface area contributed by atoms with Crippen LogP contribution in [-0.2, 0) is 21.4 Å². The first-order valence-corrected chi connectivity index (χ1v) is 11.9. The fourth-order valence-electron chi connectivity index (χ4n) is 3.91. The van der Waals surface area contributed by atoms with Crippen LogP contribution in [0.25, 0.3) is 0 Å². The quantitative estimate of drug-likeness (QED) is 0.592. The molecule has 1 aliphatic rings. The van der Waals surface area contributed by atoms with Crippen LogP contribution in [0.1, 0.15) is 24.1 Å². The van der Waals surface area contributed by atoms with Crippen molar-refractivity contribution in [1.29, 1.82) is 0 Å². The van der Waals surface area contributed by atoms with Crippen LogP contribution in [0.2, 0.25) is 0 Å². The number of rotatable bonds is 7. The molecule has 1 aromatic heterocycles. The van der Waals surface area contributed by atoms with Gasteiger partial charge < -0.3 is 10.1 Å². The Balaban J connectivity index is 1.53. The van der Waals surface area contributed by atoms with Gasteiger partial charge in [-0.3, -0.25) is 4.79 Å². The van der Waals surface area contributed by atoms with E-state index >= 15 is 0 Å². The number of hydrogen-bond donors (Lipinski definition) is 1. The average Bonchev–Trinajstić information content (AvgIpc) is 3.42. The predicted molar refractivity (Wildman–Crippen MR) is 121 cm³/mol. The van der Waals surface area contributed by atoms with Gasteiger partial charge in [0, 0.05) is 12.6 Å². The molecule has 1 amide bonds. The minimum Gasteiger partial charge on any atom is -0.497 e. The molecular formula is C23H26N4O4S. The number of anilines is 1. The number of hydrogen-bond acceptors (Lipinski definition) is 5. The summed E-state index contributed by atoms with van der Waals surface area (Å²) in [5.41, 5.74) is 1.82. The van der Waals surface area contributed by atoms with E-state index in [0.717, 1.165) is 11.3 Å². The number of ether oxygens (including phenoxy) is 1. The van der Waals surface area contributed by atoms with E-state index in [1.165, 1.54) is 23.5 Å². The van der Waals surface area contributed by atoms with Gasteiger partial charge in [-0.1, -0.05) is 30.3 Å². The van der Waals surface area contributed by atoms with Gasteiger partial charge in [-0.05, 0) is 49.6 Å². The molecule has 1 atom stereocenters. The minimum absolute atomic E-state index is 0.142. The Hall–Kier alpha value is -3.17. The van der Waals surface area contributed by atoms with E-state index < -0.39 is 16.1 Å². The molecule has 1 N–H and O–H groups in total. The summed E-state index contributed by atoms with van der Waals surface area (Å²) < 4.78 is 34.5. The maximum absolute atomic E-state index is 13.2. The van der Waals surface area contributed by atoms with Gasteiger partial charge >= 0.3 is 0 Å². The van der Waals surface area contributed by atoms with E-state index in [-0.39, 0.29) is 10.8 Å². The molecule has 1 unspecified atom stereocenters. The monoisotopic (exact) mass is 454 g/mol. The summed E-state index contributed by atoms with van der Waals surface area (Å²) in [4.78, 5) is 13.3. The molecule has 1 aliphatic heterocycles. The predicted octanol–water partition coefficient (Wildman–Crippen LogP) is 3.04. The van der Waals surface area contributed by atoms with Crippen molar-refractivity contribution in [3.63, 3.8) is 0 Å². The van der Waals surface area contributed by atoms with Crippen LogP contribution in [0.15, 0.2) is 65.6 Å². The molecule has 0 saturated carbocycles. The molecule has 2 heterocycles. The molecule has 1 saturated heterocycles. The highest BCUT2D eigenvalue weighted by Crippen LogP contribution is 2.28. The van der Waals surface area contributed by atoms with Gasteiger partial charge in [0.2, 0.25) is 15.9 Å². The summed E-state index contributed by atoms with van der Waals surface area (Å²) in [6.07, 6.45) is 1.09. The maximum atomic E-state index is 13.2. The van der Waals surface area contributed by atoms with Crippen molar-refractivity contribution in [2.45, 2.75) is 37.2 Å². The molecule has 32 heavy (non-hydrogen) atoms. The number of aryl methyl sites for hydroxylation is 1. The number of nitrogens with zero attached hydrogens (tertiary/aromatic N) is 3. The van der Waals surface area contributed by atoms with Crippen molar-refractivity contribution in [3.8, 4) is 5.75 Å². The molecule has 168 valence electrons. The highest BCUT2D eigenvalue weighted by atomic mass is 32.2. The van der Waals surface area contributed by atoms with E-state index in [4.69, 9.17) is 4.74 Å². The third kappa shape index (κ3) is 4.53. The van der Waals surface area contributed by atoms with Crippen molar-refractivity contribution < 1.29 is 17.9 Å². The van der Waals surface area contributed by atoms with E-state index in [9.17, 15) is 13.2 Å². The Labute approximate surface area is 187 Å². The van der Waals surface area contributed by atoms with Crippen molar-refractivity contribution in [3.05, 3.63) is 71.9 Å². The number of carbonyl (C=O) groups excluding carboxylic acids is 1. The second-order valence-electron chi connectivity index (χ2n) is 7.75. The van der Waals surface area contributed by atoms with Gasteiger partial charge in [0.05, 0.1) is 24.2 Å². The third-order valence-electron chi connectivity index (χ3n) is 5.50. The van der Waals surface area contributed by atoms with Crippen LogP contribution in [0.4, 0.5) is 5.82 Å². The van der Waals surface area contributed by atoms with Crippen LogP contribution < -0.4 is 10.1 Å². The topological polar surface area (TPSA) is 93.5 Å². The Bertz CT molecular complexity index is 1190. The minimum atomic E-state index is -3.81. The molecule has 0 radical (unpaired) electrons. The summed E-state index contributed by atoms with van der Waals surface area (Å²) in [7, 11) is -2.29. The van der Waals surface area contributed by atoms with Gasteiger partial charge in [0.15, 0.2) is 0 Å². The van der Waals surface area contributed by atoms with Crippen molar-refractivity contribution in [2.75, 3.05) is 19.0 Å². The fraction of sp³-hybridized carbons (Fsp3) is 0.304. The molecule has 0 spiro atoms. The van der Waals surface area contributed by atoms with Gasteiger partial charge in [-0.25, -0.2) is 13.1 Å². The van der Waals surface area contributed by atoms with E-state index in [0.29, 0.717) is 37.5 Å². The molecule has 0 bridgehead atoms. The van der Waals surface area contributed by atoms with Crippen LogP contribution >= 0.6 is 0 Å². The van der Waals surface area contributed by atoms with Crippen LogP contribution in [0.5, 0.6) is 5.75 Å². The lowest BCUT2D eigenvalue weighted by molar-refractivity contribution is -0.119. The van der Waals surface area contributed by atoms with E-state index in [2.05, 4.69) is 10.4 Å². The number of methoxy groups -OCH3 is 1. The molecule has 1 fully saturated rings. The average molecular weight is 455 g/mol. The lowest BCUT2D eigenvalue weighted by Crippen LogP contribution is -2.43. The van der Waals surface area contributed by atoms with Crippen molar-refractivity contribution in [2.24, 2.45) is 0 Å². The largest absolute Gasteiger partial charge is 0.497 e. The highest BCUT2D eigenvalue weighted by molar-refractivity contribution is 7.89. The SMILES string of the molecule is COc1ccc(S(=O)(=O)N2CCCC2C(=O)Nc2cc(C)nn2Cc2ccccc2)cc1. The smallest absolute Gasteiger partial charge is 0.243 e. The zero-order chi connectivity index (χ0) is 22.7. The number of amides is 1. The molecule has 0 aliphatic carbocycles. The Morgan fingerprint density at radius 3 is 2.56 bits per heavy atom. The Kier molecular flexibility index (Phi) is 6.29. The second kappa shape index (κ2) is 9.13. The van der Waals surface area contributed by atoms with Gasteiger partial charge in [0.1, 0.15) is 17.6 Å². The van der Waals surface area contributed by atoms with Crippen molar-refractivity contribution >= 4 is 21.7 Å². The lowest BCUT2D eigenvalue weighted by Gasteiger charge is -2.23. The van der Waals surface area contributed by atoms with Crippen LogP contribution in [0, 0.1) is 6.92 Å². The third-order valence-corrected chi connectivity index (χ3v) is 7.42. The van der Waals surface area contributed by atoms with Crippen molar-refractivity contribution in [1.82, 2.24) is 14.1 Å². The molecular weight excluding hydrogens is 428 g/mol. The fourth-order valence-corrected chi connectivity index (χ4v) is 5.56. The number of benzene rings is 2. The molecule has 9 heteroatoms. The zero-order valence-electron chi connectivity index (χ0n) is 18.1. The molecule has 4 rings (SSSR count). The Morgan fingerprint density at radius 1 is 1.16 bits per heavy atom. The van der Waals surface area contributed by atoms with Crippen LogP contribution in [-0.4, -0.2) is 48.1 Å². The first-order chi connectivity index (χ1) is 15.4. The first-order valence-electron chi connectivity index (χ1n) is 10.4. The number of aromatic nitrogens is 2. The highest BCUT2D eigenvalue weighted by Gasteiger charge is 2.39. The van der Waals surface area contributed by atoms with Crippen LogP contribution in [0.3, 0.4) is 0 Å². The maximum Gasteiger partial charge on any atom is 0.243 e. The summed E-state index contributed by atoms with van der Waals surface area (Å²) >= 11 is 0. The van der Waals surface area contributed by atoms with Gasteiger partial charge in [0.25, 0.3) is 0 Å². The standard InChI is InChI=1S/C23H26N4O4S/c1-17-15-22(26(25-17)16-18-7-4-3-5-8-18)24-23(28)21-9-6-14-27(21)32(29,30)20-12-10-19(31-2)11-13-20/h3-5,7-8,10-13,15,21H,6,9,14,16H2,1-2H3,(H,24,28). The molecule has 3 aromatic rings. The normalized spacial score (nSPS) is 16.8. The number of nitrogens with one attached hydrogen (secondary N) is 1. The second-order valence-corrected chi connectivity index (χ2v) is 9.64. The number of sulfonamides is 1. The Morgan fingerprint density at radius 2 is 1.88 bits per heavy atom. The van der Waals surface area contributed by atoms with Gasteiger partial charge in [-0.15, -0.1) is 0 Å².